The lowest BCUT2D eigenvalue weighted by Gasteiger charge is -2.23. The molecular formula is C16H19Cl2N3O2S. The van der Waals surface area contributed by atoms with Gasteiger partial charge in [-0.1, -0.05) is 18.5 Å². The van der Waals surface area contributed by atoms with Gasteiger partial charge in [0.2, 0.25) is 0 Å². The fraction of sp³-hybridized carbons (Fsp3) is 0.375. The summed E-state index contributed by atoms with van der Waals surface area (Å²) in [5, 5.41) is 4.10. The molecule has 1 aromatic heterocycles. The Bertz CT molecular complexity index is 691. The lowest BCUT2D eigenvalue weighted by atomic mass is 10.2. The van der Waals surface area contributed by atoms with Crippen molar-refractivity contribution in [2.75, 3.05) is 25.0 Å². The Kier molecular flexibility index (Phi) is 6.86. The molecule has 0 spiro atoms. The van der Waals surface area contributed by atoms with Crippen molar-refractivity contribution in [3.8, 4) is 5.75 Å². The van der Waals surface area contributed by atoms with Crippen molar-refractivity contribution >= 4 is 46.4 Å². The number of benzene rings is 1. The third kappa shape index (κ3) is 4.83. The number of nitrogens with one attached hydrogen (secondary N) is 1. The first kappa shape index (κ1) is 19.0. The van der Waals surface area contributed by atoms with Crippen molar-refractivity contribution < 1.29 is 9.53 Å². The van der Waals surface area contributed by atoms with Crippen LogP contribution in [-0.4, -0.2) is 35.5 Å². The lowest BCUT2D eigenvalue weighted by molar-refractivity contribution is -0.118. The summed E-state index contributed by atoms with van der Waals surface area (Å²) in [7, 11) is 0. The van der Waals surface area contributed by atoms with Crippen molar-refractivity contribution in [3.05, 3.63) is 39.9 Å². The first-order valence-corrected chi connectivity index (χ1v) is 8.72. The van der Waals surface area contributed by atoms with Crippen LogP contribution in [0.25, 0.3) is 0 Å². The molecule has 0 saturated carbocycles. The number of rotatable bonds is 5. The Balaban J connectivity index is 0.00000208. The Hall–Kier alpha value is -1.34. The SMILES string of the molecule is CCN1CCc2nc(NC(=O)COc3ccc(Cl)cc3)sc2C1.Cl. The minimum atomic E-state index is -0.210. The average Bonchev–Trinajstić information content (AvgIpc) is 2.95. The van der Waals surface area contributed by atoms with Gasteiger partial charge in [0.25, 0.3) is 5.91 Å². The van der Waals surface area contributed by atoms with Crippen LogP contribution < -0.4 is 10.1 Å². The monoisotopic (exact) mass is 387 g/mol. The molecule has 0 atom stereocenters. The van der Waals surface area contributed by atoms with Crippen molar-refractivity contribution in [2.24, 2.45) is 0 Å². The van der Waals surface area contributed by atoms with Gasteiger partial charge in [0, 0.05) is 29.4 Å². The molecule has 1 aliphatic heterocycles. The summed E-state index contributed by atoms with van der Waals surface area (Å²) in [5.74, 6) is 0.403. The molecular weight excluding hydrogens is 369 g/mol. The van der Waals surface area contributed by atoms with Crippen LogP contribution in [-0.2, 0) is 17.8 Å². The molecule has 8 heteroatoms. The summed E-state index contributed by atoms with van der Waals surface area (Å²) < 4.78 is 5.43. The number of likely N-dealkylation sites (N-methyl/N-ethyl adjacent to an activating group) is 1. The number of hydrogen-bond donors (Lipinski definition) is 1. The highest BCUT2D eigenvalue weighted by Crippen LogP contribution is 2.28. The first-order chi connectivity index (χ1) is 11.1. The molecule has 2 aromatic rings. The zero-order chi connectivity index (χ0) is 16.2. The molecule has 0 bridgehead atoms. The molecule has 1 amide bonds. The van der Waals surface area contributed by atoms with E-state index in [4.69, 9.17) is 16.3 Å². The van der Waals surface area contributed by atoms with Crippen LogP contribution in [0.2, 0.25) is 5.02 Å². The van der Waals surface area contributed by atoms with Gasteiger partial charge in [0.15, 0.2) is 11.7 Å². The first-order valence-electron chi connectivity index (χ1n) is 7.53. The molecule has 0 saturated heterocycles. The van der Waals surface area contributed by atoms with Crippen molar-refractivity contribution in [1.82, 2.24) is 9.88 Å². The van der Waals surface area contributed by atoms with E-state index in [2.05, 4.69) is 22.1 Å². The number of ether oxygens (including phenoxy) is 1. The van der Waals surface area contributed by atoms with Crippen LogP contribution in [0, 0.1) is 0 Å². The van der Waals surface area contributed by atoms with Crippen LogP contribution in [0.3, 0.4) is 0 Å². The Morgan fingerprint density at radius 3 is 2.88 bits per heavy atom. The summed E-state index contributed by atoms with van der Waals surface area (Å²) in [5.41, 5.74) is 1.11. The lowest BCUT2D eigenvalue weighted by Crippen LogP contribution is -2.29. The second kappa shape index (κ2) is 8.67. The van der Waals surface area contributed by atoms with Crippen molar-refractivity contribution in [2.45, 2.75) is 19.9 Å². The zero-order valence-electron chi connectivity index (χ0n) is 13.3. The number of anilines is 1. The second-order valence-corrected chi connectivity index (χ2v) is 6.82. The Morgan fingerprint density at radius 1 is 1.42 bits per heavy atom. The van der Waals surface area contributed by atoms with Gasteiger partial charge in [-0.3, -0.25) is 15.0 Å². The van der Waals surface area contributed by atoms with E-state index < -0.39 is 0 Å². The number of hydrogen-bond acceptors (Lipinski definition) is 5. The summed E-state index contributed by atoms with van der Waals surface area (Å²) >= 11 is 7.36. The molecule has 130 valence electrons. The zero-order valence-corrected chi connectivity index (χ0v) is 15.6. The van der Waals surface area contributed by atoms with Gasteiger partial charge in [0.05, 0.1) is 5.69 Å². The molecule has 24 heavy (non-hydrogen) atoms. The number of thiazole rings is 1. The summed E-state index contributed by atoms with van der Waals surface area (Å²) in [4.78, 5) is 20.1. The van der Waals surface area contributed by atoms with E-state index in [1.807, 2.05) is 0 Å². The van der Waals surface area contributed by atoms with E-state index in [1.165, 1.54) is 4.88 Å². The predicted molar refractivity (Wildman–Crippen MR) is 99.6 cm³/mol. The van der Waals surface area contributed by atoms with Crippen LogP contribution in [0.15, 0.2) is 24.3 Å². The van der Waals surface area contributed by atoms with Crippen molar-refractivity contribution in [1.29, 1.82) is 0 Å². The number of carbonyl (C=O) groups is 1. The van der Waals surface area contributed by atoms with Gasteiger partial charge < -0.3 is 4.74 Å². The van der Waals surface area contributed by atoms with E-state index >= 15 is 0 Å². The molecule has 0 aliphatic carbocycles. The molecule has 3 rings (SSSR count). The molecule has 5 nitrogen and oxygen atoms in total. The molecule has 0 radical (unpaired) electrons. The summed E-state index contributed by atoms with van der Waals surface area (Å²) in [6, 6.07) is 6.92. The largest absolute Gasteiger partial charge is 0.484 e. The second-order valence-electron chi connectivity index (χ2n) is 5.30. The van der Waals surface area contributed by atoms with Crippen LogP contribution >= 0.6 is 35.3 Å². The summed E-state index contributed by atoms with van der Waals surface area (Å²) in [6.45, 7) is 5.09. The molecule has 1 aromatic carbocycles. The minimum Gasteiger partial charge on any atom is -0.484 e. The van der Waals surface area contributed by atoms with Gasteiger partial charge in [-0.15, -0.1) is 23.7 Å². The Morgan fingerprint density at radius 2 is 2.17 bits per heavy atom. The van der Waals surface area contributed by atoms with Gasteiger partial charge in [-0.05, 0) is 30.8 Å². The molecule has 0 fully saturated rings. The normalized spacial score (nSPS) is 13.8. The number of fused-ring (bicyclic) bond motifs is 1. The molecule has 0 unspecified atom stereocenters. The number of amides is 1. The third-order valence-electron chi connectivity index (χ3n) is 3.69. The predicted octanol–water partition coefficient (Wildman–Crippen LogP) is 3.61. The molecule has 2 heterocycles. The quantitative estimate of drug-likeness (QED) is 0.850. The highest BCUT2D eigenvalue weighted by molar-refractivity contribution is 7.15. The highest BCUT2D eigenvalue weighted by Gasteiger charge is 2.20. The minimum absolute atomic E-state index is 0. The highest BCUT2D eigenvalue weighted by atomic mass is 35.5. The van der Waals surface area contributed by atoms with Crippen LogP contribution in [0.4, 0.5) is 5.13 Å². The standard InChI is InChI=1S/C16H18ClN3O2S.ClH/c1-2-20-8-7-13-14(9-20)23-16(18-13)19-15(21)10-22-12-5-3-11(17)4-6-12;/h3-6H,2,7-10H2,1H3,(H,18,19,21);1H. The number of carbonyl (C=O) groups excluding carboxylic acids is 1. The number of aromatic nitrogens is 1. The summed E-state index contributed by atoms with van der Waals surface area (Å²) in [6.07, 6.45) is 0.941. The van der Waals surface area contributed by atoms with Crippen LogP contribution in [0.1, 0.15) is 17.5 Å². The topological polar surface area (TPSA) is 54.5 Å². The van der Waals surface area contributed by atoms with Gasteiger partial charge in [-0.2, -0.15) is 0 Å². The van der Waals surface area contributed by atoms with E-state index in [9.17, 15) is 4.79 Å². The van der Waals surface area contributed by atoms with Gasteiger partial charge >= 0.3 is 0 Å². The maximum Gasteiger partial charge on any atom is 0.264 e. The van der Waals surface area contributed by atoms with Crippen LogP contribution in [0.5, 0.6) is 5.75 Å². The number of halogens is 2. The fourth-order valence-corrected chi connectivity index (χ4v) is 3.60. The van der Waals surface area contributed by atoms with E-state index in [0.717, 1.165) is 31.7 Å². The van der Waals surface area contributed by atoms with Gasteiger partial charge in [-0.25, -0.2) is 4.98 Å². The van der Waals surface area contributed by atoms with E-state index in [1.54, 1.807) is 35.6 Å². The van der Waals surface area contributed by atoms with E-state index in [-0.39, 0.29) is 24.9 Å². The average molecular weight is 388 g/mol. The maximum atomic E-state index is 12.0. The van der Waals surface area contributed by atoms with E-state index in [0.29, 0.717) is 15.9 Å². The number of nitrogens with zero attached hydrogens (tertiary/aromatic N) is 2. The van der Waals surface area contributed by atoms with Crippen molar-refractivity contribution in [3.63, 3.8) is 0 Å². The maximum absolute atomic E-state index is 12.0. The molecule has 1 N–H and O–H groups in total. The smallest absolute Gasteiger partial charge is 0.264 e. The third-order valence-corrected chi connectivity index (χ3v) is 4.94. The fourth-order valence-electron chi connectivity index (χ4n) is 2.41. The van der Waals surface area contributed by atoms with Gasteiger partial charge in [0.1, 0.15) is 5.75 Å². The molecule has 1 aliphatic rings. The Labute approximate surface area is 156 Å².